The fourth-order valence-corrected chi connectivity index (χ4v) is 2.75. The molecule has 0 radical (unpaired) electrons. The van der Waals surface area contributed by atoms with E-state index in [1.165, 1.54) is 0 Å². The molecule has 0 spiro atoms. The molecule has 0 bridgehead atoms. The molecular formula is C16H20N2O6. The van der Waals surface area contributed by atoms with E-state index < -0.39 is 0 Å². The molecule has 0 aromatic rings. The number of carbonyl (C=O) groups is 6. The first-order chi connectivity index (χ1) is 11.4. The first-order valence-electron chi connectivity index (χ1n) is 8.08. The summed E-state index contributed by atoms with van der Waals surface area (Å²) in [5, 5.41) is 0. The molecule has 0 aromatic heterocycles. The second-order valence-corrected chi connectivity index (χ2v) is 6.03. The molecule has 2 rings (SSSR count). The van der Waals surface area contributed by atoms with Gasteiger partial charge in [-0.3, -0.25) is 38.6 Å². The molecule has 2 fully saturated rings. The molecule has 0 saturated carbocycles. The average molecular weight is 336 g/mol. The monoisotopic (exact) mass is 336 g/mol. The third kappa shape index (κ3) is 4.56. The molecule has 2 heterocycles. The van der Waals surface area contributed by atoms with Crippen molar-refractivity contribution in [2.24, 2.45) is 0 Å². The van der Waals surface area contributed by atoms with E-state index in [0.717, 1.165) is 9.80 Å². The Kier molecular flexibility index (Phi) is 5.94. The molecule has 0 aromatic carbocycles. The lowest BCUT2D eigenvalue weighted by atomic mass is 10.1. The van der Waals surface area contributed by atoms with Gasteiger partial charge in [-0.25, -0.2) is 0 Å². The number of Topliss-reactive ketones (excluding diaryl/α,β-unsaturated/α-hetero) is 2. The van der Waals surface area contributed by atoms with Gasteiger partial charge >= 0.3 is 0 Å². The van der Waals surface area contributed by atoms with Gasteiger partial charge in [0.15, 0.2) is 11.6 Å². The van der Waals surface area contributed by atoms with E-state index >= 15 is 0 Å². The van der Waals surface area contributed by atoms with Gasteiger partial charge < -0.3 is 0 Å². The second kappa shape index (κ2) is 7.94. The largest absolute Gasteiger partial charge is 0.298 e. The maximum Gasteiger partial charge on any atom is 0.230 e. The van der Waals surface area contributed by atoms with E-state index in [9.17, 15) is 28.8 Å². The molecule has 2 aliphatic rings. The van der Waals surface area contributed by atoms with Gasteiger partial charge in [-0.05, 0) is 12.8 Å². The summed E-state index contributed by atoms with van der Waals surface area (Å²) in [6.45, 7) is -0.384. The number of ketones is 2. The summed E-state index contributed by atoms with van der Waals surface area (Å²) in [6, 6.07) is 0. The molecule has 0 unspecified atom stereocenters. The summed E-state index contributed by atoms with van der Waals surface area (Å²) in [5.74, 6) is -1.69. The lowest BCUT2D eigenvalue weighted by Gasteiger charge is -2.13. The van der Waals surface area contributed by atoms with Crippen molar-refractivity contribution < 1.29 is 28.8 Å². The topological polar surface area (TPSA) is 109 Å². The Bertz CT molecular complexity index is 513. The first kappa shape index (κ1) is 18.0. The molecule has 4 amide bonds. The van der Waals surface area contributed by atoms with Gasteiger partial charge in [0.05, 0.1) is 13.1 Å². The minimum Gasteiger partial charge on any atom is -0.298 e. The predicted molar refractivity (Wildman–Crippen MR) is 80.4 cm³/mol. The van der Waals surface area contributed by atoms with E-state index in [0.29, 0.717) is 12.8 Å². The highest BCUT2D eigenvalue weighted by atomic mass is 16.2. The van der Waals surface area contributed by atoms with Crippen molar-refractivity contribution in [3.05, 3.63) is 0 Å². The normalized spacial score (nSPS) is 18.0. The third-order valence-corrected chi connectivity index (χ3v) is 4.14. The minimum atomic E-state index is -0.316. The molecule has 8 nitrogen and oxygen atoms in total. The summed E-state index contributed by atoms with van der Waals surface area (Å²) >= 11 is 0. The predicted octanol–water partition coefficient (Wildman–Crippen LogP) is -0.0170. The number of hydrogen-bond acceptors (Lipinski definition) is 6. The van der Waals surface area contributed by atoms with Crippen LogP contribution in [0.1, 0.15) is 51.4 Å². The zero-order chi connectivity index (χ0) is 17.7. The summed E-state index contributed by atoms with van der Waals surface area (Å²) in [6.07, 6.45) is 1.94. The number of imide groups is 2. The molecule has 8 heteroatoms. The van der Waals surface area contributed by atoms with E-state index in [2.05, 4.69) is 0 Å². The Morgan fingerprint density at radius 2 is 0.917 bits per heavy atom. The second-order valence-electron chi connectivity index (χ2n) is 6.03. The van der Waals surface area contributed by atoms with Crippen molar-refractivity contribution in [2.75, 3.05) is 13.1 Å². The van der Waals surface area contributed by atoms with Gasteiger partial charge in [0, 0.05) is 38.5 Å². The smallest absolute Gasteiger partial charge is 0.230 e. The summed E-state index contributed by atoms with van der Waals surface area (Å²) in [4.78, 5) is 71.1. The van der Waals surface area contributed by atoms with Gasteiger partial charge in [0.1, 0.15) is 0 Å². The zero-order valence-electron chi connectivity index (χ0n) is 13.4. The standard InChI is InChI=1S/C16H20N2O6/c19-11(9-17-13(21)5-6-14(17)22)3-1-2-4-12(20)10-18-15(23)7-8-16(18)24/h1-10H2. The van der Waals surface area contributed by atoms with E-state index in [1.807, 2.05) is 0 Å². The minimum absolute atomic E-state index is 0.161. The lowest BCUT2D eigenvalue weighted by Crippen LogP contribution is -2.34. The van der Waals surface area contributed by atoms with Crippen LogP contribution in [0.5, 0.6) is 0 Å². The molecular weight excluding hydrogens is 316 g/mol. The van der Waals surface area contributed by atoms with Crippen molar-refractivity contribution in [1.29, 1.82) is 0 Å². The first-order valence-corrected chi connectivity index (χ1v) is 8.08. The fourth-order valence-electron chi connectivity index (χ4n) is 2.75. The highest BCUT2D eigenvalue weighted by molar-refractivity contribution is 6.05. The maximum absolute atomic E-state index is 11.8. The summed E-state index contributed by atoms with van der Waals surface area (Å²) < 4.78 is 0. The van der Waals surface area contributed by atoms with Crippen LogP contribution in [0.4, 0.5) is 0 Å². The van der Waals surface area contributed by atoms with Crippen LogP contribution in [-0.2, 0) is 28.8 Å². The Morgan fingerprint density at radius 1 is 0.625 bits per heavy atom. The van der Waals surface area contributed by atoms with E-state index in [-0.39, 0.29) is 86.8 Å². The number of rotatable bonds is 9. The maximum atomic E-state index is 11.8. The quantitative estimate of drug-likeness (QED) is 0.432. The molecule has 2 saturated heterocycles. The number of amides is 4. The van der Waals surface area contributed by atoms with Crippen LogP contribution in [0.25, 0.3) is 0 Å². The Morgan fingerprint density at radius 3 is 1.21 bits per heavy atom. The number of carbonyl (C=O) groups excluding carboxylic acids is 6. The van der Waals surface area contributed by atoms with Crippen LogP contribution < -0.4 is 0 Å². The highest BCUT2D eigenvalue weighted by Crippen LogP contribution is 2.14. The third-order valence-electron chi connectivity index (χ3n) is 4.14. The Balaban J connectivity index is 1.62. The number of unbranched alkanes of at least 4 members (excludes halogenated alkanes) is 1. The van der Waals surface area contributed by atoms with Crippen molar-refractivity contribution in [1.82, 2.24) is 9.80 Å². The number of hydrogen-bond donors (Lipinski definition) is 0. The molecule has 24 heavy (non-hydrogen) atoms. The molecule has 2 aliphatic heterocycles. The van der Waals surface area contributed by atoms with Crippen molar-refractivity contribution in [2.45, 2.75) is 51.4 Å². The van der Waals surface area contributed by atoms with Crippen molar-refractivity contribution in [3.8, 4) is 0 Å². The molecule has 0 N–H and O–H groups in total. The van der Waals surface area contributed by atoms with Crippen LogP contribution in [0, 0.1) is 0 Å². The van der Waals surface area contributed by atoms with Gasteiger partial charge in [0.2, 0.25) is 23.6 Å². The number of likely N-dealkylation sites (tertiary alicyclic amines) is 2. The molecule has 0 atom stereocenters. The Labute approximate surface area is 139 Å². The fraction of sp³-hybridized carbons (Fsp3) is 0.625. The van der Waals surface area contributed by atoms with Crippen LogP contribution in [-0.4, -0.2) is 58.1 Å². The average Bonchev–Trinajstić information content (AvgIpc) is 3.01. The lowest BCUT2D eigenvalue weighted by molar-refractivity contribution is -0.142. The van der Waals surface area contributed by atoms with Crippen molar-refractivity contribution in [3.63, 3.8) is 0 Å². The van der Waals surface area contributed by atoms with Crippen LogP contribution >= 0.6 is 0 Å². The van der Waals surface area contributed by atoms with Gasteiger partial charge in [-0.2, -0.15) is 0 Å². The van der Waals surface area contributed by atoms with E-state index in [1.54, 1.807) is 0 Å². The summed E-state index contributed by atoms with van der Waals surface area (Å²) in [7, 11) is 0. The van der Waals surface area contributed by atoms with Crippen LogP contribution in [0.2, 0.25) is 0 Å². The van der Waals surface area contributed by atoms with Gasteiger partial charge in [-0.1, -0.05) is 0 Å². The summed E-state index contributed by atoms with van der Waals surface area (Å²) in [5.41, 5.74) is 0. The SMILES string of the molecule is O=C(CCCCC(=O)CN1C(=O)CCC1=O)CN1C(=O)CCC1=O. The van der Waals surface area contributed by atoms with Crippen LogP contribution in [0.15, 0.2) is 0 Å². The van der Waals surface area contributed by atoms with E-state index in [4.69, 9.17) is 0 Å². The van der Waals surface area contributed by atoms with Crippen molar-refractivity contribution >= 4 is 35.2 Å². The van der Waals surface area contributed by atoms with Crippen LogP contribution in [0.3, 0.4) is 0 Å². The molecule has 0 aliphatic carbocycles. The Hall–Kier alpha value is -2.38. The van der Waals surface area contributed by atoms with Gasteiger partial charge in [-0.15, -0.1) is 0 Å². The number of nitrogens with zero attached hydrogens (tertiary/aromatic N) is 2. The van der Waals surface area contributed by atoms with Gasteiger partial charge in [0.25, 0.3) is 0 Å². The zero-order valence-corrected chi connectivity index (χ0v) is 13.4. The molecule has 130 valence electrons. The highest BCUT2D eigenvalue weighted by Gasteiger charge is 2.31.